The second kappa shape index (κ2) is 7.27. The fourth-order valence-electron chi connectivity index (χ4n) is 2.49. The molecule has 0 spiro atoms. The molecule has 0 unspecified atom stereocenters. The molecular weight excluding hydrogens is 385 g/mol. The first kappa shape index (κ1) is 17.5. The van der Waals surface area contributed by atoms with Crippen LogP contribution in [-0.4, -0.2) is 15.9 Å². The predicted octanol–water partition coefficient (Wildman–Crippen LogP) is 4.69. The summed E-state index contributed by atoms with van der Waals surface area (Å²) in [6.07, 6.45) is 2.30. The van der Waals surface area contributed by atoms with Gasteiger partial charge in [-0.3, -0.25) is 4.79 Å². The molecule has 1 heterocycles. The standard InChI is InChI=1S/C19H17BrFN3O/c1-3-12(2)18-23-17-8-7-14(20)10-16(17)19(25)24(18)22-11-13-5-4-6-15(21)9-13/h4-12H,3H2,1-2H3/t12-/m0/s1. The molecule has 3 rings (SSSR count). The Balaban J connectivity index is 2.20. The van der Waals surface area contributed by atoms with Gasteiger partial charge in [0.15, 0.2) is 0 Å². The first-order valence-corrected chi connectivity index (χ1v) is 8.81. The smallest absolute Gasteiger partial charge is 0.267 e. The van der Waals surface area contributed by atoms with Crippen LogP contribution in [0.5, 0.6) is 0 Å². The van der Waals surface area contributed by atoms with Gasteiger partial charge in [0.25, 0.3) is 5.56 Å². The molecule has 3 aromatic rings. The number of nitrogens with zero attached hydrogens (tertiary/aromatic N) is 3. The van der Waals surface area contributed by atoms with Crippen molar-refractivity contribution in [3.05, 3.63) is 74.5 Å². The van der Waals surface area contributed by atoms with Crippen LogP contribution in [0.2, 0.25) is 0 Å². The van der Waals surface area contributed by atoms with Crippen LogP contribution in [0.3, 0.4) is 0 Å². The molecule has 0 amide bonds. The van der Waals surface area contributed by atoms with Crippen molar-refractivity contribution in [2.24, 2.45) is 5.10 Å². The zero-order valence-corrected chi connectivity index (χ0v) is 15.5. The minimum atomic E-state index is -0.348. The molecule has 4 nitrogen and oxygen atoms in total. The summed E-state index contributed by atoms with van der Waals surface area (Å²) >= 11 is 3.38. The molecule has 0 aliphatic rings. The van der Waals surface area contributed by atoms with Gasteiger partial charge in [0.05, 0.1) is 17.1 Å². The number of benzene rings is 2. The number of halogens is 2. The van der Waals surface area contributed by atoms with Gasteiger partial charge in [-0.25, -0.2) is 9.37 Å². The van der Waals surface area contributed by atoms with E-state index in [4.69, 9.17) is 0 Å². The average Bonchev–Trinajstić information content (AvgIpc) is 2.60. The highest BCUT2D eigenvalue weighted by Gasteiger charge is 2.15. The largest absolute Gasteiger partial charge is 0.282 e. The lowest BCUT2D eigenvalue weighted by molar-refractivity contribution is 0.613. The highest BCUT2D eigenvalue weighted by molar-refractivity contribution is 9.10. The Hall–Kier alpha value is -2.34. The van der Waals surface area contributed by atoms with Crippen LogP contribution >= 0.6 is 15.9 Å². The summed E-state index contributed by atoms with van der Waals surface area (Å²) in [5, 5.41) is 4.78. The van der Waals surface area contributed by atoms with Crippen molar-refractivity contribution in [2.75, 3.05) is 0 Å². The lowest BCUT2D eigenvalue weighted by Gasteiger charge is -2.13. The van der Waals surface area contributed by atoms with Crippen molar-refractivity contribution in [1.29, 1.82) is 0 Å². The van der Waals surface area contributed by atoms with E-state index in [1.807, 2.05) is 26.0 Å². The number of hydrogen-bond acceptors (Lipinski definition) is 3. The molecule has 1 atom stereocenters. The van der Waals surface area contributed by atoms with E-state index < -0.39 is 0 Å². The van der Waals surface area contributed by atoms with Gasteiger partial charge < -0.3 is 0 Å². The van der Waals surface area contributed by atoms with Crippen LogP contribution in [0.15, 0.2) is 56.8 Å². The summed E-state index contributed by atoms with van der Waals surface area (Å²) in [6.45, 7) is 4.03. The van der Waals surface area contributed by atoms with Crippen molar-refractivity contribution in [3.8, 4) is 0 Å². The molecule has 0 saturated heterocycles. The van der Waals surface area contributed by atoms with Crippen LogP contribution in [0, 0.1) is 5.82 Å². The number of rotatable bonds is 4. The molecule has 0 N–H and O–H groups in total. The molecule has 1 aromatic heterocycles. The Morgan fingerprint density at radius 1 is 1.32 bits per heavy atom. The number of fused-ring (bicyclic) bond motifs is 1. The Kier molecular flexibility index (Phi) is 5.08. The van der Waals surface area contributed by atoms with Gasteiger partial charge >= 0.3 is 0 Å². The highest BCUT2D eigenvalue weighted by Crippen LogP contribution is 2.20. The lowest BCUT2D eigenvalue weighted by atomic mass is 10.1. The predicted molar refractivity (Wildman–Crippen MR) is 102 cm³/mol. The van der Waals surface area contributed by atoms with E-state index in [9.17, 15) is 9.18 Å². The third-order valence-electron chi connectivity index (χ3n) is 4.06. The minimum Gasteiger partial charge on any atom is -0.267 e. The van der Waals surface area contributed by atoms with Crippen molar-refractivity contribution in [2.45, 2.75) is 26.2 Å². The van der Waals surface area contributed by atoms with E-state index in [1.165, 1.54) is 23.0 Å². The molecule has 0 bridgehead atoms. The second-order valence-corrected chi connectivity index (χ2v) is 6.77. The highest BCUT2D eigenvalue weighted by atomic mass is 79.9. The summed E-state index contributed by atoms with van der Waals surface area (Å²) in [5.41, 5.74) is 0.978. The molecule has 128 valence electrons. The van der Waals surface area contributed by atoms with Gasteiger partial charge in [0, 0.05) is 10.4 Å². The van der Waals surface area contributed by atoms with Gasteiger partial charge in [0.2, 0.25) is 0 Å². The van der Waals surface area contributed by atoms with Crippen molar-refractivity contribution < 1.29 is 4.39 Å². The zero-order valence-electron chi connectivity index (χ0n) is 13.9. The van der Waals surface area contributed by atoms with Crippen LogP contribution in [0.25, 0.3) is 10.9 Å². The number of hydrogen-bond donors (Lipinski definition) is 0. The van der Waals surface area contributed by atoms with Gasteiger partial charge in [-0.2, -0.15) is 9.78 Å². The quantitative estimate of drug-likeness (QED) is 0.595. The molecular formula is C19H17BrFN3O. The normalized spacial score (nSPS) is 12.8. The molecule has 2 aromatic carbocycles. The fraction of sp³-hybridized carbons (Fsp3) is 0.211. The van der Waals surface area contributed by atoms with Crippen LogP contribution < -0.4 is 5.56 Å². The van der Waals surface area contributed by atoms with E-state index in [1.54, 1.807) is 18.2 Å². The third-order valence-corrected chi connectivity index (χ3v) is 4.55. The van der Waals surface area contributed by atoms with E-state index in [-0.39, 0.29) is 17.3 Å². The maximum atomic E-state index is 13.3. The molecule has 0 aliphatic carbocycles. The molecule has 0 fully saturated rings. The van der Waals surface area contributed by atoms with Gasteiger partial charge in [0.1, 0.15) is 11.6 Å². The van der Waals surface area contributed by atoms with Gasteiger partial charge in [-0.05, 0) is 42.3 Å². The first-order valence-electron chi connectivity index (χ1n) is 8.01. The van der Waals surface area contributed by atoms with E-state index in [2.05, 4.69) is 26.0 Å². The fourth-order valence-corrected chi connectivity index (χ4v) is 2.85. The summed E-state index contributed by atoms with van der Waals surface area (Å²) < 4.78 is 15.5. The van der Waals surface area contributed by atoms with Crippen molar-refractivity contribution in [3.63, 3.8) is 0 Å². The van der Waals surface area contributed by atoms with Crippen molar-refractivity contribution in [1.82, 2.24) is 9.66 Å². The summed E-state index contributed by atoms with van der Waals surface area (Å²) in [4.78, 5) is 17.6. The Morgan fingerprint density at radius 3 is 2.84 bits per heavy atom. The monoisotopic (exact) mass is 401 g/mol. The van der Waals surface area contributed by atoms with Gasteiger partial charge in [-0.1, -0.05) is 41.9 Å². The average molecular weight is 402 g/mol. The minimum absolute atomic E-state index is 0.0606. The Labute approximate surface area is 153 Å². The molecule has 25 heavy (non-hydrogen) atoms. The Morgan fingerprint density at radius 2 is 2.12 bits per heavy atom. The van der Waals surface area contributed by atoms with E-state index >= 15 is 0 Å². The lowest BCUT2D eigenvalue weighted by Crippen LogP contribution is -2.23. The maximum Gasteiger partial charge on any atom is 0.282 e. The summed E-state index contributed by atoms with van der Waals surface area (Å²) in [6, 6.07) is 11.5. The zero-order chi connectivity index (χ0) is 18.0. The van der Waals surface area contributed by atoms with Crippen molar-refractivity contribution >= 4 is 33.0 Å². The topological polar surface area (TPSA) is 47.2 Å². The summed E-state index contributed by atoms with van der Waals surface area (Å²) in [5.74, 6) is 0.305. The maximum absolute atomic E-state index is 13.3. The van der Waals surface area contributed by atoms with Crippen LogP contribution in [0.1, 0.15) is 37.6 Å². The van der Waals surface area contributed by atoms with Crippen LogP contribution in [0.4, 0.5) is 4.39 Å². The third kappa shape index (κ3) is 3.69. The molecule has 0 saturated carbocycles. The Bertz CT molecular complexity index is 1010. The molecule has 6 heteroatoms. The van der Waals surface area contributed by atoms with E-state index in [0.717, 1.165) is 10.9 Å². The molecule has 0 radical (unpaired) electrons. The van der Waals surface area contributed by atoms with Crippen LogP contribution in [-0.2, 0) is 0 Å². The first-order chi connectivity index (χ1) is 12.0. The number of aromatic nitrogens is 2. The SMILES string of the molecule is CC[C@H](C)c1nc2ccc(Br)cc2c(=O)n1N=Cc1cccc(F)c1. The van der Waals surface area contributed by atoms with Gasteiger partial charge in [-0.15, -0.1) is 0 Å². The second-order valence-electron chi connectivity index (χ2n) is 5.86. The molecule has 0 aliphatic heterocycles. The summed E-state index contributed by atoms with van der Waals surface area (Å²) in [7, 11) is 0. The van der Waals surface area contributed by atoms with E-state index in [0.29, 0.717) is 22.3 Å².